The molecule has 0 spiro atoms. The molecule has 0 aliphatic carbocycles. The third kappa shape index (κ3) is 7.88. The Hall–Kier alpha value is -2.15. The molecule has 1 aromatic carbocycles. The van der Waals surface area contributed by atoms with E-state index in [1.165, 1.54) is 0 Å². The number of urea groups is 1. The number of nitrogens with one attached hydrogen (secondary N) is 2. The summed E-state index contributed by atoms with van der Waals surface area (Å²) in [5, 5.41) is 13.9. The van der Waals surface area contributed by atoms with Gasteiger partial charge < -0.3 is 20.5 Å². The van der Waals surface area contributed by atoms with E-state index in [0.29, 0.717) is 18.0 Å². The van der Waals surface area contributed by atoms with Crippen molar-refractivity contribution >= 4 is 29.4 Å². The maximum absolute atomic E-state index is 11.6. The monoisotopic (exact) mass is 310 g/mol. The molecule has 1 rings (SSSR count). The number of hydrogen-bond acceptors (Lipinski definition) is 4. The molecule has 1 aromatic rings. The van der Waals surface area contributed by atoms with Crippen molar-refractivity contribution in [3.63, 3.8) is 0 Å². The number of carbonyl (C=O) groups excluding carboxylic acids is 1. The van der Waals surface area contributed by atoms with Crippen molar-refractivity contribution in [2.75, 3.05) is 30.0 Å². The van der Waals surface area contributed by atoms with Crippen molar-refractivity contribution in [3.8, 4) is 5.75 Å². The molecule has 0 heterocycles. The summed E-state index contributed by atoms with van der Waals surface area (Å²) in [5.41, 5.74) is 0.536. The van der Waals surface area contributed by atoms with Crippen LogP contribution in [0.25, 0.3) is 0 Å². The summed E-state index contributed by atoms with van der Waals surface area (Å²) in [5.74, 6) is 0.993. The van der Waals surface area contributed by atoms with Gasteiger partial charge in [-0.05, 0) is 12.1 Å². The topological polar surface area (TPSA) is 87.7 Å². The molecule has 114 valence electrons. The van der Waals surface area contributed by atoms with Gasteiger partial charge in [0, 0.05) is 29.8 Å². The zero-order valence-corrected chi connectivity index (χ0v) is 12.3. The van der Waals surface area contributed by atoms with Crippen LogP contribution in [0.3, 0.4) is 0 Å². The minimum atomic E-state index is -1.05. The number of carboxylic acids is 1. The average molecular weight is 310 g/mol. The second-order valence-corrected chi connectivity index (χ2v) is 5.10. The molecular weight excluding hydrogens is 292 g/mol. The zero-order valence-electron chi connectivity index (χ0n) is 11.5. The quantitative estimate of drug-likeness (QED) is 0.481. The van der Waals surface area contributed by atoms with Gasteiger partial charge in [0.25, 0.3) is 0 Å². The van der Waals surface area contributed by atoms with Crippen molar-refractivity contribution in [2.24, 2.45) is 0 Å². The molecule has 0 aliphatic rings. The standard InChI is InChI=1S/C14H18N2O4S/c1-2-7-21-8-6-15-14(19)16-11-4-3-5-12(9-11)20-10-13(17)18/h2-5,9H,1,6-8,10H2,(H,17,18)(H2,15,16,19). The largest absolute Gasteiger partial charge is 0.482 e. The SMILES string of the molecule is C=CCSCCNC(=O)Nc1cccc(OCC(=O)O)c1. The molecule has 0 atom stereocenters. The van der Waals surface area contributed by atoms with Gasteiger partial charge in [0.15, 0.2) is 6.61 Å². The molecule has 0 saturated heterocycles. The van der Waals surface area contributed by atoms with Crippen molar-refractivity contribution in [1.82, 2.24) is 5.32 Å². The van der Waals surface area contributed by atoms with E-state index in [1.54, 1.807) is 36.0 Å². The first-order chi connectivity index (χ1) is 10.1. The highest BCUT2D eigenvalue weighted by molar-refractivity contribution is 7.99. The lowest BCUT2D eigenvalue weighted by molar-refractivity contribution is -0.139. The molecule has 0 bridgehead atoms. The number of carboxylic acid groups (broad SMARTS) is 1. The van der Waals surface area contributed by atoms with Gasteiger partial charge in [-0.3, -0.25) is 0 Å². The van der Waals surface area contributed by atoms with Crippen LogP contribution in [-0.4, -0.2) is 41.8 Å². The summed E-state index contributed by atoms with van der Waals surface area (Å²) in [6, 6.07) is 6.24. The van der Waals surface area contributed by atoms with Gasteiger partial charge in [-0.1, -0.05) is 12.1 Å². The number of ether oxygens (including phenoxy) is 1. The highest BCUT2D eigenvalue weighted by Gasteiger charge is 2.03. The number of hydrogen-bond donors (Lipinski definition) is 3. The highest BCUT2D eigenvalue weighted by Crippen LogP contribution is 2.17. The predicted octanol–water partition coefficient (Wildman–Crippen LogP) is 2.19. The molecule has 7 heteroatoms. The Morgan fingerprint density at radius 2 is 2.24 bits per heavy atom. The minimum Gasteiger partial charge on any atom is -0.482 e. The number of benzene rings is 1. The van der Waals surface area contributed by atoms with E-state index in [1.807, 2.05) is 6.08 Å². The fourth-order valence-corrected chi connectivity index (χ4v) is 1.97. The first-order valence-electron chi connectivity index (χ1n) is 6.30. The first-order valence-corrected chi connectivity index (χ1v) is 7.45. The van der Waals surface area contributed by atoms with Crippen LogP contribution in [0.15, 0.2) is 36.9 Å². The van der Waals surface area contributed by atoms with Crippen molar-refractivity contribution in [2.45, 2.75) is 0 Å². The lowest BCUT2D eigenvalue weighted by Gasteiger charge is -2.09. The second kappa shape index (κ2) is 9.71. The number of carbonyl (C=O) groups is 2. The van der Waals surface area contributed by atoms with Gasteiger partial charge in [-0.25, -0.2) is 9.59 Å². The maximum atomic E-state index is 11.6. The molecule has 0 aromatic heterocycles. The van der Waals surface area contributed by atoms with Crippen LogP contribution in [0.1, 0.15) is 0 Å². The van der Waals surface area contributed by atoms with Gasteiger partial charge in [-0.2, -0.15) is 11.8 Å². The summed E-state index contributed by atoms with van der Waals surface area (Å²) in [6.07, 6.45) is 1.81. The van der Waals surface area contributed by atoms with Crippen LogP contribution in [0.5, 0.6) is 5.75 Å². The van der Waals surface area contributed by atoms with Crippen LogP contribution in [-0.2, 0) is 4.79 Å². The Bertz CT molecular complexity index is 494. The fourth-order valence-electron chi connectivity index (χ4n) is 1.39. The van der Waals surface area contributed by atoms with Crippen LogP contribution in [0.4, 0.5) is 10.5 Å². The highest BCUT2D eigenvalue weighted by atomic mass is 32.2. The fraction of sp³-hybridized carbons (Fsp3) is 0.286. The summed E-state index contributed by atoms with van der Waals surface area (Å²) >= 11 is 1.68. The summed E-state index contributed by atoms with van der Waals surface area (Å²) < 4.78 is 5.03. The van der Waals surface area contributed by atoms with Crippen LogP contribution in [0.2, 0.25) is 0 Å². The van der Waals surface area contributed by atoms with Crippen molar-refractivity contribution in [3.05, 3.63) is 36.9 Å². The average Bonchev–Trinajstić information content (AvgIpc) is 2.45. The normalized spacial score (nSPS) is 9.71. The summed E-state index contributed by atoms with van der Waals surface area (Å²) in [7, 11) is 0. The van der Waals surface area contributed by atoms with Crippen LogP contribution in [0, 0.1) is 0 Å². The van der Waals surface area contributed by atoms with E-state index < -0.39 is 12.6 Å². The molecule has 0 radical (unpaired) electrons. The van der Waals surface area contributed by atoms with Gasteiger partial charge >= 0.3 is 12.0 Å². The van der Waals surface area contributed by atoms with Crippen molar-refractivity contribution < 1.29 is 19.4 Å². The first kappa shape index (κ1) is 16.9. The van der Waals surface area contributed by atoms with Crippen molar-refractivity contribution in [1.29, 1.82) is 0 Å². The predicted molar refractivity (Wildman–Crippen MR) is 84.1 cm³/mol. The molecular formula is C14H18N2O4S. The van der Waals surface area contributed by atoms with Crippen LogP contribution < -0.4 is 15.4 Å². The molecule has 3 N–H and O–H groups in total. The van der Waals surface area contributed by atoms with E-state index in [4.69, 9.17) is 9.84 Å². The lowest BCUT2D eigenvalue weighted by Crippen LogP contribution is -2.30. The minimum absolute atomic E-state index is 0.315. The smallest absolute Gasteiger partial charge is 0.341 e. The molecule has 6 nitrogen and oxygen atoms in total. The van der Waals surface area contributed by atoms with E-state index in [-0.39, 0.29) is 6.03 Å². The van der Waals surface area contributed by atoms with Crippen LogP contribution >= 0.6 is 11.8 Å². The molecule has 21 heavy (non-hydrogen) atoms. The lowest BCUT2D eigenvalue weighted by atomic mass is 10.3. The number of aliphatic carboxylic acids is 1. The Labute approximate surface area is 127 Å². The number of amides is 2. The van der Waals surface area contributed by atoms with Gasteiger partial charge in [0.05, 0.1) is 0 Å². The van der Waals surface area contributed by atoms with Gasteiger partial charge in [0.1, 0.15) is 5.75 Å². The third-order valence-electron chi connectivity index (χ3n) is 2.22. The zero-order chi connectivity index (χ0) is 15.5. The summed E-state index contributed by atoms with van der Waals surface area (Å²) in [4.78, 5) is 22.1. The third-order valence-corrected chi connectivity index (χ3v) is 3.19. The molecule has 0 unspecified atom stereocenters. The number of thioether (sulfide) groups is 1. The Morgan fingerprint density at radius 1 is 1.43 bits per heavy atom. The Morgan fingerprint density at radius 3 is 2.95 bits per heavy atom. The van der Waals surface area contributed by atoms with E-state index >= 15 is 0 Å². The number of anilines is 1. The van der Waals surface area contributed by atoms with Gasteiger partial charge in [-0.15, -0.1) is 6.58 Å². The maximum Gasteiger partial charge on any atom is 0.341 e. The van der Waals surface area contributed by atoms with Gasteiger partial charge in [0.2, 0.25) is 0 Å². The molecule has 0 saturated carbocycles. The molecule has 0 fully saturated rings. The Kier molecular flexibility index (Phi) is 7.81. The van der Waals surface area contributed by atoms with E-state index in [9.17, 15) is 9.59 Å². The number of rotatable bonds is 9. The molecule has 2 amide bonds. The van der Waals surface area contributed by atoms with E-state index in [2.05, 4.69) is 17.2 Å². The Balaban J connectivity index is 2.36. The summed E-state index contributed by atoms with van der Waals surface area (Å²) in [6.45, 7) is 3.75. The second-order valence-electron chi connectivity index (χ2n) is 3.95. The van der Waals surface area contributed by atoms with E-state index in [0.717, 1.165) is 11.5 Å². The molecule has 0 aliphatic heterocycles.